The van der Waals surface area contributed by atoms with Gasteiger partial charge >= 0.3 is 5.69 Å². The molecule has 1 aromatic rings. The lowest BCUT2D eigenvalue weighted by Crippen LogP contribution is -2.31. The second-order valence-corrected chi connectivity index (χ2v) is 4.72. The van der Waals surface area contributed by atoms with Crippen LogP contribution in [0.5, 0.6) is 0 Å². The number of hydrogen-bond donors (Lipinski definition) is 2. The van der Waals surface area contributed by atoms with Crippen molar-refractivity contribution in [2.45, 2.75) is 32.9 Å². The summed E-state index contributed by atoms with van der Waals surface area (Å²) >= 11 is 0. The van der Waals surface area contributed by atoms with E-state index in [1.54, 1.807) is 0 Å². The quantitative estimate of drug-likeness (QED) is 0.407. The smallest absolute Gasteiger partial charge is 0.306 e. The minimum Gasteiger partial charge on any atom is -0.390 e. The maximum Gasteiger partial charge on any atom is 0.306 e. The normalized spacial score (nSPS) is 12.9. The number of nitrogens with one attached hydrogen (secondary N) is 1. The highest BCUT2D eigenvalue weighted by molar-refractivity contribution is 5.20. The zero-order valence-electron chi connectivity index (χ0n) is 10.7. The molecular formula is C11H20N4O3. The average molecular weight is 256 g/mol. The van der Waals surface area contributed by atoms with Crippen LogP contribution in [0.2, 0.25) is 0 Å². The van der Waals surface area contributed by atoms with Gasteiger partial charge < -0.3 is 10.4 Å². The van der Waals surface area contributed by atoms with Gasteiger partial charge in [0.2, 0.25) is 0 Å². The first kappa shape index (κ1) is 14.6. The molecule has 1 heterocycles. The molecule has 0 fully saturated rings. The van der Waals surface area contributed by atoms with Gasteiger partial charge in [0, 0.05) is 6.54 Å². The van der Waals surface area contributed by atoms with Crippen molar-refractivity contribution < 1.29 is 10.0 Å². The van der Waals surface area contributed by atoms with Crippen molar-refractivity contribution in [3.63, 3.8) is 0 Å². The fraction of sp³-hybridized carbons (Fsp3) is 0.727. The Morgan fingerprint density at radius 1 is 1.61 bits per heavy atom. The van der Waals surface area contributed by atoms with E-state index in [-0.39, 0.29) is 12.2 Å². The Kier molecular flexibility index (Phi) is 5.73. The van der Waals surface area contributed by atoms with Gasteiger partial charge in [-0.3, -0.25) is 14.8 Å². The molecule has 7 nitrogen and oxygen atoms in total. The molecule has 0 amide bonds. The molecule has 1 rings (SSSR count). The fourth-order valence-corrected chi connectivity index (χ4v) is 1.49. The van der Waals surface area contributed by atoms with Gasteiger partial charge in [-0.05, 0) is 18.9 Å². The molecule has 0 aromatic carbocycles. The predicted octanol–water partition coefficient (Wildman–Crippen LogP) is 0.788. The van der Waals surface area contributed by atoms with E-state index >= 15 is 0 Å². The van der Waals surface area contributed by atoms with E-state index < -0.39 is 11.0 Å². The lowest BCUT2D eigenvalue weighted by molar-refractivity contribution is -0.385. The van der Waals surface area contributed by atoms with E-state index in [0.29, 0.717) is 12.5 Å². The van der Waals surface area contributed by atoms with Crippen LogP contribution in [-0.2, 0) is 6.54 Å². The Morgan fingerprint density at radius 2 is 2.33 bits per heavy atom. The van der Waals surface area contributed by atoms with Crippen LogP contribution in [0.1, 0.15) is 20.3 Å². The zero-order valence-corrected chi connectivity index (χ0v) is 10.7. The highest BCUT2D eigenvalue weighted by atomic mass is 16.6. The monoisotopic (exact) mass is 256 g/mol. The number of hydrogen-bond acceptors (Lipinski definition) is 5. The summed E-state index contributed by atoms with van der Waals surface area (Å²) in [6, 6.07) is 0. The molecule has 0 bridgehead atoms. The first-order chi connectivity index (χ1) is 8.49. The van der Waals surface area contributed by atoms with Crippen LogP contribution in [0.25, 0.3) is 0 Å². The van der Waals surface area contributed by atoms with Crippen molar-refractivity contribution >= 4 is 5.69 Å². The fourth-order valence-electron chi connectivity index (χ4n) is 1.49. The molecule has 1 atom stereocenters. The van der Waals surface area contributed by atoms with E-state index in [0.717, 1.165) is 13.0 Å². The standard InChI is InChI=1S/C11H20N4O3/c1-9(2)3-4-12-6-11(16)8-14-7-10(5-13-14)15(17)18/h5,7,9,11-12,16H,3-4,6,8H2,1-2H3. The second kappa shape index (κ2) is 7.07. The van der Waals surface area contributed by atoms with Crippen molar-refractivity contribution in [2.75, 3.05) is 13.1 Å². The molecule has 0 radical (unpaired) electrons. The second-order valence-electron chi connectivity index (χ2n) is 4.72. The van der Waals surface area contributed by atoms with Gasteiger partial charge in [0.15, 0.2) is 0 Å². The molecular weight excluding hydrogens is 236 g/mol. The van der Waals surface area contributed by atoms with Gasteiger partial charge in [-0.15, -0.1) is 0 Å². The third-order valence-electron chi connectivity index (χ3n) is 2.51. The van der Waals surface area contributed by atoms with Crippen molar-refractivity contribution in [3.05, 3.63) is 22.5 Å². The van der Waals surface area contributed by atoms with Crippen LogP contribution < -0.4 is 5.32 Å². The number of aliphatic hydroxyl groups is 1. The largest absolute Gasteiger partial charge is 0.390 e. The number of aromatic nitrogens is 2. The third kappa shape index (κ3) is 5.24. The van der Waals surface area contributed by atoms with Crippen molar-refractivity contribution in [1.82, 2.24) is 15.1 Å². The molecule has 1 aromatic heterocycles. The van der Waals surface area contributed by atoms with Crippen molar-refractivity contribution in [2.24, 2.45) is 5.92 Å². The Labute approximate surface area is 106 Å². The van der Waals surface area contributed by atoms with E-state index in [1.165, 1.54) is 17.1 Å². The predicted molar refractivity (Wildman–Crippen MR) is 67.2 cm³/mol. The maximum absolute atomic E-state index is 10.5. The Hall–Kier alpha value is -1.47. The molecule has 7 heteroatoms. The van der Waals surface area contributed by atoms with Gasteiger partial charge in [0.25, 0.3) is 0 Å². The van der Waals surface area contributed by atoms with Gasteiger partial charge in [0.05, 0.1) is 17.6 Å². The van der Waals surface area contributed by atoms with Crippen LogP contribution in [-0.4, -0.2) is 39.0 Å². The maximum atomic E-state index is 10.5. The summed E-state index contributed by atoms with van der Waals surface area (Å²) in [4.78, 5) is 9.95. The van der Waals surface area contributed by atoms with E-state index in [9.17, 15) is 15.2 Å². The molecule has 0 saturated heterocycles. The van der Waals surface area contributed by atoms with Gasteiger partial charge in [-0.25, -0.2) is 0 Å². The van der Waals surface area contributed by atoms with E-state index in [1.807, 2.05) is 0 Å². The van der Waals surface area contributed by atoms with E-state index in [4.69, 9.17) is 0 Å². The highest BCUT2D eigenvalue weighted by Gasteiger charge is 2.11. The minimum absolute atomic E-state index is 0.0602. The summed E-state index contributed by atoms with van der Waals surface area (Å²) in [6.45, 7) is 5.85. The molecule has 0 aliphatic carbocycles. The van der Waals surface area contributed by atoms with Crippen LogP contribution >= 0.6 is 0 Å². The number of nitro groups is 1. The minimum atomic E-state index is -0.600. The van der Waals surface area contributed by atoms with Crippen LogP contribution in [0.4, 0.5) is 5.69 Å². The van der Waals surface area contributed by atoms with Crippen molar-refractivity contribution in [3.8, 4) is 0 Å². The van der Waals surface area contributed by atoms with Crippen LogP contribution in [0, 0.1) is 16.0 Å². The first-order valence-electron chi connectivity index (χ1n) is 6.04. The van der Waals surface area contributed by atoms with E-state index in [2.05, 4.69) is 24.3 Å². The Balaban J connectivity index is 2.26. The number of aliphatic hydroxyl groups excluding tert-OH is 1. The average Bonchev–Trinajstić information content (AvgIpc) is 2.72. The molecule has 1 unspecified atom stereocenters. The van der Waals surface area contributed by atoms with Crippen LogP contribution in [0.3, 0.4) is 0 Å². The SMILES string of the molecule is CC(C)CCNCC(O)Cn1cc([N+](=O)[O-])cn1. The Bertz CT molecular complexity index is 378. The highest BCUT2D eigenvalue weighted by Crippen LogP contribution is 2.07. The zero-order chi connectivity index (χ0) is 13.5. The number of nitrogens with zero attached hydrogens (tertiary/aromatic N) is 3. The van der Waals surface area contributed by atoms with Crippen molar-refractivity contribution in [1.29, 1.82) is 0 Å². The summed E-state index contributed by atoms with van der Waals surface area (Å²) in [6.07, 6.45) is 2.95. The summed E-state index contributed by atoms with van der Waals surface area (Å²) in [5, 5.41) is 27.1. The lowest BCUT2D eigenvalue weighted by atomic mass is 10.1. The molecule has 18 heavy (non-hydrogen) atoms. The molecule has 0 saturated carbocycles. The molecule has 102 valence electrons. The third-order valence-corrected chi connectivity index (χ3v) is 2.51. The van der Waals surface area contributed by atoms with Gasteiger partial charge in [-0.2, -0.15) is 5.10 Å². The molecule has 0 aliphatic rings. The summed E-state index contributed by atoms with van der Waals surface area (Å²) < 4.78 is 1.38. The molecule has 0 spiro atoms. The number of rotatable bonds is 8. The first-order valence-corrected chi connectivity index (χ1v) is 6.04. The van der Waals surface area contributed by atoms with Crippen LogP contribution in [0.15, 0.2) is 12.4 Å². The summed E-state index contributed by atoms with van der Waals surface area (Å²) in [5.74, 6) is 0.628. The topological polar surface area (TPSA) is 93.2 Å². The van der Waals surface area contributed by atoms with Gasteiger partial charge in [-0.1, -0.05) is 13.8 Å². The molecule has 2 N–H and O–H groups in total. The Morgan fingerprint density at radius 3 is 2.89 bits per heavy atom. The summed E-state index contributed by atoms with van der Waals surface area (Å²) in [7, 11) is 0. The lowest BCUT2D eigenvalue weighted by Gasteiger charge is -2.12. The molecule has 0 aliphatic heterocycles. The van der Waals surface area contributed by atoms with Gasteiger partial charge in [0.1, 0.15) is 12.4 Å². The summed E-state index contributed by atoms with van der Waals surface area (Å²) in [5.41, 5.74) is -0.0602.